The van der Waals surface area contributed by atoms with Crippen molar-refractivity contribution < 1.29 is 19.2 Å². The lowest BCUT2D eigenvalue weighted by Gasteiger charge is -2.61. The summed E-state index contributed by atoms with van der Waals surface area (Å²) in [7, 11) is 0. The standard InChI is InChI=1S/C42H61N3O4/c1-38(2,3)44-36(48)30-12-10-26-25-9-15-33-42(7,29(25)17-20-39(26,30)4)23-19-35(47)45(33)37(49)31-13-11-27-24-8-14-32-41(6,22-18-34(46)43-32)28(24)16-21-40(27,31)5/h18-19,22-33H,8-17,20-21H2,1-7H3,(H,43,46)(H,44,48)/t24-,25-,26-,27-,28-,29-,30+,31+,32+,33+,39-,40-,41+,42+/m0/s1. The number of fused-ring (bicyclic) bond motifs is 10. The number of rotatable bonds is 2. The Labute approximate surface area is 294 Å². The van der Waals surface area contributed by atoms with Crippen LogP contribution in [0, 0.1) is 69.0 Å². The minimum Gasteiger partial charge on any atom is -0.351 e. The Morgan fingerprint density at radius 3 is 1.94 bits per heavy atom. The summed E-state index contributed by atoms with van der Waals surface area (Å²) in [5, 5.41) is 6.56. The van der Waals surface area contributed by atoms with Gasteiger partial charge in [0.15, 0.2) is 0 Å². The van der Waals surface area contributed by atoms with E-state index >= 15 is 0 Å². The van der Waals surface area contributed by atoms with Crippen molar-refractivity contribution in [2.45, 2.75) is 143 Å². The molecule has 2 heterocycles. The highest BCUT2D eigenvalue weighted by Gasteiger charge is 2.65. The summed E-state index contributed by atoms with van der Waals surface area (Å²) in [5.74, 6) is 3.15. The number of amides is 4. The summed E-state index contributed by atoms with van der Waals surface area (Å²) >= 11 is 0. The Morgan fingerprint density at radius 1 is 0.714 bits per heavy atom. The molecule has 6 aliphatic carbocycles. The van der Waals surface area contributed by atoms with E-state index in [0.29, 0.717) is 35.5 Å². The van der Waals surface area contributed by atoms with Crippen molar-refractivity contribution >= 4 is 23.6 Å². The lowest BCUT2D eigenvalue weighted by molar-refractivity contribution is -0.164. The molecule has 0 aromatic heterocycles. The highest BCUT2D eigenvalue weighted by Crippen LogP contribution is 2.68. The molecule has 2 aliphatic heterocycles. The van der Waals surface area contributed by atoms with Crippen molar-refractivity contribution in [3.8, 4) is 0 Å². The monoisotopic (exact) mass is 671 g/mol. The van der Waals surface area contributed by atoms with Crippen molar-refractivity contribution in [1.29, 1.82) is 0 Å². The van der Waals surface area contributed by atoms with E-state index in [4.69, 9.17) is 0 Å². The number of imide groups is 1. The number of hydrogen-bond acceptors (Lipinski definition) is 4. The van der Waals surface area contributed by atoms with Gasteiger partial charge in [0.2, 0.25) is 17.7 Å². The molecule has 0 spiro atoms. The minimum absolute atomic E-state index is 0.00487. The zero-order valence-electron chi connectivity index (χ0n) is 31.1. The van der Waals surface area contributed by atoms with E-state index in [1.165, 1.54) is 0 Å². The van der Waals surface area contributed by atoms with Crippen LogP contribution in [0.1, 0.15) is 126 Å². The second kappa shape index (κ2) is 11.0. The molecule has 0 saturated heterocycles. The zero-order valence-corrected chi connectivity index (χ0v) is 31.1. The normalized spacial score (nSPS) is 49.9. The smallest absolute Gasteiger partial charge is 0.253 e. The van der Waals surface area contributed by atoms with E-state index in [9.17, 15) is 19.2 Å². The van der Waals surface area contributed by atoms with E-state index in [0.717, 1.165) is 77.0 Å². The van der Waals surface area contributed by atoms with Crippen LogP contribution < -0.4 is 10.6 Å². The molecule has 0 unspecified atom stereocenters. The van der Waals surface area contributed by atoms with Gasteiger partial charge in [0.05, 0.1) is 0 Å². The topological polar surface area (TPSA) is 95.6 Å². The van der Waals surface area contributed by atoms with E-state index in [1.54, 1.807) is 17.1 Å². The number of carbonyl (C=O) groups excluding carboxylic acids is 4. The Bertz CT molecular complexity index is 1510. The molecule has 8 aliphatic rings. The molecule has 7 nitrogen and oxygen atoms in total. The number of carbonyl (C=O) groups is 4. The molecule has 6 fully saturated rings. The Kier molecular flexibility index (Phi) is 7.58. The van der Waals surface area contributed by atoms with Gasteiger partial charge in [0, 0.05) is 46.4 Å². The minimum atomic E-state index is -0.235. The lowest BCUT2D eigenvalue weighted by atomic mass is 9.47. The second-order valence-corrected chi connectivity index (χ2v) is 20.0. The van der Waals surface area contributed by atoms with Gasteiger partial charge in [-0.25, -0.2) is 0 Å². The van der Waals surface area contributed by atoms with Crippen LogP contribution >= 0.6 is 0 Å². The van der Waals surface area contributed by atoms with Crippen LogP contribution in [-0.4, -0.2) is 46.2 Å². The van der Waals surface area contributed by atoms with Crippen molar-refractivity contribution in [3.63, 3.8) is 0 Å². The van der Waals surface area contributed by atoms with Crippen molar-refractivity contribution in [2.24, 2.45) is 69.0 Å². The molecular weight excluding hydrogens is 610 g/mol. The summed E-state index contributed by atoms with van der Waals surface area (Å²) in [6.07, 6.45) is 20.0. The van der Waals surface area contributed by atoms with Crippen LogP contribution in [0.25, 0.3) is 0 Å². The first-order valence-corrected chi connectivity index (χ1v) is 19.9. The summed E-state index contributed by atoms with van der Waals surface area (Å²) in [6, 6.07) is 0.113. The maximum absolute atomic E-state index is 14.9. The van der Waals surface area contributed by atoms with Gasteiger partial charge < -0.3 is 10.6 Å². The van der Waals surface area contributed by atoms with E-state index in [-0.39, 0.29) is 74.7 Å². The number of hydrogen-bond donors (Lipinski definition) is 2. The highest BCUT2D eigenvalue weighted by molar-refractivity contribution is 6.03. The van der Waals surface area contributed by atoms with E-state index < -0.39 is 0 Å². The Morgan fingerprint density at radius 2 is 1.29 bits per heavy atom. The van der Waals surface area contributed by atoms with Gasteiger partial charge >= 0.3 is 0 Å². The molecule has 0 bridgehead atoms. The molecule has 7 heteroatoms. The van der Waals surface area contributed by atoms with Gasteiger partial charge in [-0.1, -0.05) is 39.8 Å². The van der Waals surface area contributed by atoms with E-state index in [1.807, 2.05) is 0 Å². The third-order valence-corrected chi connectivity index (χ3v) is 16.9. The van der Waals surface area contributed by atoms with Gasteiger partial charge in [-0.3, -0.25) is 24.1 Å². The maximum atomic E-state index is 14.9. The Hall–Kier alpha value is -2.44. The van der Waals surface area contributed by atoms with Crippen LogP contribution in [0.3, 0.4) is 0 Å². The fourth-order valence-corrected chi connectivity index (χ4v) is 14.6. The fourth-order valence-electron chi connectivity index (χ4n) is 14.6. The third kappa shape index (κ3) is 4.77. The van der Waals surface area contributed by atoms with Crippen molar-refractivity contribution in [3.05, 3.63) is 24.3 Å². The first-order chi connectivity index (χ1) is 23.0. The summed E-state index contributed by atoms with van der Waals surface area (Å²) in [6.45, 7) is 15.7. The van der Waals surface area contributed by atoms with Crippen LogP contribution in [0.15, 0.2) is 24.3 Å². The zero-order chi connectivity index (χ0) is 34.9. The first-order valence-electron chi connectivity index (χ1n) is 19.9. The summed E-state index contributed by atoms with van der Waals surface area (Å²) < 4.78 is 0. The molecule has 268 valence electrons. The van der Waals surface area contributed by atoms with Crippen LogP contribution in [-0.2, 0) is 19.2 Å². The fraction of sp³-hybridized carbons (Fsp3) is 0.810. The molecule has 2 N–H and O–H groups in total. The van der Waals surface area contributed by atoms with E-state index in [2.05, 4.69) is 71.3 Å². The summed E-state index contributed by atoms with van der Waals surface area (Å²) in [5.41, 5.74) is -0.591. The van der Waals surface area contributed by atoms with Crippen molar-refractivity contribution in [2.75, 3.05) is 0 Å². The quantitative estimate of drug-likeness (QED) is 0.310. The predicted molar refractivity (Wildman–Crippen MR) is 189 cm³/mol. The van der Waals surface area contributed by atoms with Gasteiger partial charge in [-0.2, -0.15) is 0 Å². The molecule has 0 aromatic carbocycles. The second-order valence-electron chi connectivity index (χ2n) is 20.0. The predicted octanol–water partition coefficient (Wildman–Crippen LogP) is 6.97. The molecule has 8 rings (SSSR count). The molecule has 14 atom stereocenters. The highest BCUT2D eigenvalue weighted by atomic mass is 16.2. The SMILES string of the molecule is CC(C)(C)NC(=O)[C@H]1CC[C@H]2[C@@H]3CC[C@H]4N(C(=O)[C@H]5CC[C@H]6[C@@H]7CC[C@H]8NC(=O)C=C[C@]8(C)[C@H]7CC[C@]56C)C(=O)C=C[C@]4(C)[C@H]3CC[C@]12C. The molecule has 0 radical (unpaired) electrons. The Balaban J connectivity index is 1.02. The number of nitrogens with zero attached hydrogens (tertiary/aromatic N) is 1. The largest absolute Gasteiger partial charge is 0.351 e. The molecule has 0 aromatic rings. The van der Waals surface area contributed by atoms with Gasteiger partial charge in [-0.05, 0) is 150 Å². The average Bonchev–Trinajstić information content (AvgIpc) is 3.57. The molecule has 49 heavy (non-hydrogen) atoms. The molecule has 6 saturated carbocycles. The summed E-state index contributed by atoms with van der Waals surface area (Å²) in [4.78, 5) is 56.3. The number of nitrogens with one attached hydrogen (secondary N) is 2. The van der Waals surface area contributed by atoms with Crippen molar-refractivity contribution in [1.82, 2.24) is 15.5 Å². The van der Waals surface area contributed by atoms with Crippen LogP contribution in [0.4, 0.5) is 0 Å². The van der Waals surface area contributed by atoms with Crippen LogP contribution in [0.2, 0.25) is 0 Å². The third-order valence-electron chi connectivity index (χ3n) is 16.9. The average molecular weight is 672 g/mol. The van der Waals surface area contributed by atoms with Gasteiger partial charge in [-0.15, -0.1) is 0 Å². The van der Waals surface area contributed by atoms with Crippen LogP contribution in [0.5, 0.6) is 0 Å². The van der Waals surface area contributed by atoms with Gasteiger partial charge in [0.1, 0.15) is 0 Å². The maximum Gasteiger partial charge on any atom is 0.253 e. The molecule has 4 amide bonds. The first kappa shape index (κ1) is 33.7. The lowest BCUT2D eigenvalue weighted by Crippen LogP contribution is -2.63. The molecular formula is C42H61N3O4. The van der Waals surface area contributed by atoms with Gasteiger partial charge in [0.25, 0.3) is 5.91 Å².